The predicted octanol–water partition coefficient (Wildman–Crippen LogP) is 0.817. The maximum absolute atomic E-state index is 9.93. The van der Waals surface area contributed by atoms with E-state index in [-0.39, 0.29) is 0 Å². The van der Waals surface area contributed by atoms with Crippen LogP contribution in [-0.2, 0) is 4.79 Å². The zero-order chi connectivity index (χ0) is 10.2. The maximum atomic E-state index is 9.93. The van der Waals surface area contributed by atoms with Crippen molar-refractivity contribution in [3.63, 3.8) is 0 Å². The third kappa shape index (κ3) is 3.80. The molecule has 0 bridgehead atoms. The Hall–Kier alpha value is -1.71. The van der Waals surface area contributed by atoms with Crippen LogP contribution in [0.15, 0.2) is 24.3 Å². The molecule has 0 saturated carbocycles. The first-order chi connectivity index (χ1) is 6.83. The van der Waals surface area contributed by atoms with Crippen molar-refractivity contribution in [2.24, 2.45) is 0 Å². The highest BCUT2D eigenvalue weighted by atomic mass is 16.1. The monoisotopic (exact) mass is 193 g/mol. The largest absolute Gasteiger partial charge is 0.399 e. The lowest BCUT2D eigenvalue weighted by atomic mass is 10.3. The van der Waals surface area contributed by atoms with E-state index in [1.54, 1.807) is 0 Å². The second kappa shape index (κ2) is 5.85. The summed E-state index contributed by atoms with van der Waals surface area (Å²) in [7, 11) is 0. The molecule has 0 unspecified atom stereocenters. The van der Waals surface area contributed by atoms with Gasteiger partial charge in [0.1, 0.15) is 0 Å². The molecule has 76 valence electrons. The highest BCUT2D eigenvalue weighted by Crippen LogP contribution is 2.09. The van der Waals surface area contributed by atoms with Crippen molar-refractivity contribution in [3.05, 3.63) is 24.3 Å². The Labute approximate surface area is 83.5 Å². The highest BCUT2D eigenvalue weighted by molar-refractivity contribution is 5.51. The number of hydrogen-bond acceptors (Lipinski definition) is 3. The number of anilines is 2. The summed E-state index contributed by atoms with van der Waals surface area (Å²) in [6.45, 7) is 1.54. The van der Waals surface area contributed by atoms with E-state index in [1.165, 1.54) is 0 Å². The minimum absolute atomic E-state index is 0.700. The van der Waals surface area contributed by atoms with E-state index >= 15 is 0 Å². The van der Waals surface area contributed by atoms with Gasteiger partial charge in [-0.3, -0.25) is 4.79 Å². The molecule has 1 rings (SSSR count). The second-order valence-electron chi connectivity index (χ2n) is 2.97. The molecule has 0 radical (unpaired) electrons. The Kier molecular flexibility index (Phi) is 4.34. The molecule has 4 nitrogen and oxygen atoms in total. The first-order valence-corrected chi connectivity index (χ1v) is 4.59. The van der Waals surface area contributed by atoms with Crippen LogP contribution in [0.1, 0.15) is 6.42 Å². The molecule has 14 heavy (non-hydrogen) atoms. The van der Waals surface area contributed by atoms with E-state index < -0.39 is 0 Å². The summed E-state index contributed by atoms with van der Waals surface area (Å²) in [4.78, 5) is 9.93. The topological polar surface area (TPSA) is 67.2 Å². The van der Waals surface area contributed by atoms with E-state index in [0.717, 1.165) is 24.3 Å². The molecule has 0 aliphatic heterocycles. The number of carbonyl (C=O) groups excluding carboxylic acids is 1. The van der Waals surface area contributed by atoms with Gasteiger partial charge >= 0.3 is 0 Å². The standard InChI is InChI=1S/C10H15N3O/c11-9-2-4-10(5-3-9)13-7-1-6-12-8-14/h2-5,8,13H,1,6-7,11H2,(H,12,14). The number of nitrogens with one attached hydrogen (secondary N) is 2. The third-order valence-electron chi connectivity index (χ3n) is 1.82. The summed E-state index contributed by atoms with van der Waals surface area (Å²) in [5, 5.41) is 5.82. The van der Waals surface area contributed by atoms with Gasteiger partial charge in [0, 0.05) is 24.5 Å². The molecule has 0 aliphatic carbocycles. The molecular weight excluding hydrogens is 178 g/mol. The van der Waals surface area contributed by atoms with E-state index in [9.17, 15) is 4.79 Å². The van der Waals surface area contributed by atoms with Crippen molar-refractivity contribution in [3.8, 4) is 0 Å². The zero-order valence-corrected chi connectivity index (χ0v) is 7.99. The van der Waals surface area contributed by atoms with Crippen molar-refractivity contribution >= 4 is 17.8 Å². The van der Waals surface area contributed by atoms with E-state index in [4.69, 9.17) is 5.73 Å². The zero-order valence-electron chi connectivity index (χ0n) is 7.99. The third-order valence-corrected chi connectivity index (χ3v) is 1.82. The van der Waals surface area contributed by atoms with Crippen LogP contribution in [0, 0.1) is 0 Å². The van der Waals surface area contributed by atoms with E-state index in [2.05, 4.69) is 10.6 Å². The highest BCUT2D eigenvalue weighted by Gasteiger charge is 1.90. The second-order valence-corrected chi connectivity index (χ2v) is 2.97. The smallest absolute Gasteiger partial charge is 0.207 e. The van der Waals surface area contributed by atoms with Crippen LogP contribution in [0.2, 0.25) is 0 Å². The lowest BCUT2D eigenvalue weighted by Gasteiger charge is -2.05. The van der Waals surface area contributed by atoms with E-state index in [1.807, 2.05) is 24.3 Å². The van der Waals surface area contributed by atoms with Gasteiger partial charge in [0.25, 0.3) is 0 Å². The molecule has 0 aromatic heterocycles. The number of nitrogens with two attached hydrogens (primary N) is 1. The lowest BCUT2D eigenvalue weighted by Crippen LogP contribution is -2.15. The van der Waals surface area contributed by atoms with Crippen molar-refractivity contribution in [2.45, 2.75) is 6.42 Å². The van der Waals surface area contributed by atoms with Crippen molar-refractivity contribution in [2.75, 3.05) is 24.1 Å². The number of hydrogen-bond donors (Lipinski definition) is 3. The van der Waals surface area contributed by atoms with Crippen molar-refractivity contribution in [1.29, 1.82) is 0 Å². The minimum Gasteiger partial charge on any atom is -0.399 e. The number of benzene rings is 1. The molecule has 0 spiro atoms. The van der Waals surface area contributed by atoms with Gasteiger partial charge in [0.15, 0.2) is 0 Å². The van der Waals surface area contributed by atoms with Gasteiger partial charge in [-0.15, -0.1) is 0 Å². The number of carbonyl (C=O) groups is 1. The van der Waals surface area contributed by atoms with Gasteiger partial charge in [-0.25, -0.2) is 0 Å². The Morgan fingerprint density at radius 2 is 1.93 bits per heavy atom. The molecule has 0 atom stereocenters. The van der Waals surface area contributed by atoms with Gasteiger partial charge in [-0.2, -0.15) is 0 Å². The summed E-state index contributed by atoms with van der Waals surface area (Å²) in [6, 6.07) is 7.57. The van der Waals surface area contributed by atoms with Gasteiger partial charge in [-0.1, -0.05) is 0 Å². The van der Waals surface area contributed by atoms with Crippen LogP contribution in [0.3, 0.4) is 0 Å². The van der Waals surface area contributed by atoms with Crippen LogP contribution in [0.4, 0.5) is 11.4 Å². The maximum Gasteiger partial charge on any atom is 0.207 e. The summed E-state index contributed by atoms with van der Waals surface area (Å²) in [5.74, 6) is 0. The number of nitrogen functional groups attached to an aromatic ring is 1. The molecule has 1 amide bonds. The molecular formula is C10H15N3O. The van der Waals surface area contributed by atoms with Crippen molar-refractivity contribution in [1.82, 2.24) is 5.32 Å². The minimum atomic E-state index is 0.700. The molecule has 1 aromatic rings. The van der Waals surface area contributed by atoms with Crippen LogP contribution < -0.4 is 16.4 Å². The fraction of sp³-hybridized carbons (Fsp3) is 0.300. The Balaban J connectivity index is 2.18. The molecule has 4 heteroatoms. The molecule has 0 saturated heterocycles. The normalized spacial score (nSPS) is 9.43. The average molecular weight is 193 g/mol. The predicted molar refractivity (Wildman–Crippen MR) is 58.0 cm³/mol. The van der Waals surface area contributed by atoms with E-state index in [0.29, 0.717) is 13.0 Å². The van der Waals surface area contributed by atoms with Crippen LogP contribution >= 0.6 is 0 Å². The van der Waals surface area contributed by atoms with Gasteiger partial charge in [0.05, 0.1) is 0 Å². The fourth-order valence-corrected chi connectivity index (χ4v) is 1.08. The Bertz CT molecular complexity index is 271. The summed E-state index contributed by atoms with van der Waals surface area (Å²) < 4.78 is 0. The first-order valence-electron chi connectivity index (χ1n) is 4.59. The van der Waals surface area contributed by atoms with Crippen molar-refractivity contribution < 1.29 is 4.79 Å². The fourth-order valence-electron chi connectivity index (χ4n) is 1.08. The Morgan fingerprint density at radius 1 is 1.21 bits per heavy atom. The lowest BCUT2D eigenvalue weighted by molar-refractivity contribution is -0.109. The van der Waals surface area contributed by atoms with Gasteiger partial charge in [-0.05, 0) is 30.7 Å². The molecule has 0 fully saturated rings. The first kappa shape index (κ1) is 10.4. The van der Waals surface area contributed by atoms with Crippen LogP contribution in [0.25, 0.3) is 0 Å². The molecule has 0 heterocycles. The molecule has 1 aromatic carbocycles. The Morgan fingerprint density at radius 3 is 2.57 bits per heavy atom. The summed E-state index contributed by atoms with van der Waals surface area (Å²) >= 11 is 0. The van der Waals surface area contributed by atoms with Crippen LogP contribution in [-0.4, -0.2) is 19.5 Å². The summed E-state index contributed by atoms with van der Waals surface area (Å²) in [6.07, 6.45) is 1.62. The summed E-state index contributed by atoms with van der Waals surface area (Å²) in [5.41, 5.74) is 7.35. The molecule has 4 N–H and O–H groups in total. The quantitative estimate of drug-likeness (QED) is 0.356. The molecule has 0 aliphatic rings. The number of rotatable bonds is 6. The SMILES string of the molecule is Nc1ccc(NCCCNC=O)cc1. The van der Waals surface area contributed by atoms with Gasteiger partial charge in [0.2, 0.25) is 6.41 Å². The number of amides is 1. The van der Waals surface area contributed by atoms with Crippen LogP contribution in [0.5, 0.6) is 0 Å². The average Bonchev–Trinajstić information content (AvgIpc) is 2.21. The van der Waals surface area contributed by atoms with Gasteiger partial charge < -0.3 is 16.4 Å².